The van der Waals surface area contributed by atoms with Gasteiger partial charge in [-0.05, 0) is 31.4 Å². The van der Waals surface area contributed by atoms with Crippen LogP contribution in [0.15, 0.2) is 0 Å². The third-order valence-corrected chi connectivity index (χ3v) is 5.73. The van der Waals surface area contributed by atoms with Crippen molar-refractivity contribution in [3.8, 4) is 0 Å². The molecule has 0 aliphatic carbocycles. The fraction of sp³-hybridized carbons (Fsp3) is 0.882. The number of hydrogen-bond donors (Lipinski definition) is 0. The number of thioether (sulfide) groups is 1. The topological polar surface area (TPSA) is 40.6 Å². The molecule has 0 aromatic heterocycles. The Balaban J connectivity index is 1.74. The van der Waals surface area contributed by atoms with Gasteiger partial charge in [-0.1, -0.05) is 20.8 Å². The van der Waals surface area contributed by atoms with Crippen LogP contribution in [0.5, 0.6) is 0 Å². The predicted octanol–water partition coefficient (Wildman–Crippen LogP) is 2.91. The Hall–Kier alpha value is -0.710. The van der Waals surface area contributed by atoms with Gasteiger partial charge in [0.1, 0.15) is 0 Å². The first-order valence-electron chi connectivity index (χ1n) is 8.58. The normalized spacial score (nSPS) is 23.2. The molecular formula is C17H30N2O2S. The highest BCUT2D eigenvalue weighted by Gasteiger charge is 2.32. The number of amides is 2. The Labute approximate surface area is 139 Å². The Morgan fingerprint density at radius 3 is 2.68 bits per heavy atom. The second-order valence-electron chi connectivity index (χ2n) is 7.39. The van der Waals surface area contributed by atoms with Crippen molar-refractivity contribution >= 4 is 23.6 Å². The molecule has 22 heavy (non-hydrogen) atoms. The van der Waals surface area contributed by atoms with Gasteiger partial charge >= 0.3 is 0 Å². The van der Waals surface area contributed by atoms with Crippen LogP contribution in [-0.4, -0.2) is 57.8 Å². The lowest BCUT2D eigenvalue weighted by Gasteiger charge is -2.37. The number of nitrogens with zero attached hydrogens (tertiary/aromatic N) is 2. The van der Waals surface area contributed by atoms with E-state index < -0.39 is 0 Å². The minimum atomic E-state index is 0.261. The lowest BCUT2D eigenvalue weighted by atomic mass is 10.0. The van der Waals surface area contributed by atoms with E-state index in [4.69, 9.17) is 0 Å². The van der Waals surface area contributed by atoms with E-state index in [-0.39, 0.29) is 22.6 Å². The number of carbonyl (C=O) groups is 2. The highest BCUT2D eigenvalue weighted by molar-refractivity contribution is 8.00. The molecule has 2 amide bonds. The number of piperidine rings is 1. The molecule has 2 rings (SSSR count). The molecule has 1 atom stereocenters. The van der Waals surface area contributed by atoms with Crippen LogP contribution in [0.1, 0.15) is 59.3 Å². The van der Waals surface area contributed by atoms with Gasteiger partial charge in [-0.25, -0.2) is 0 Å². The molecule has 126 valence electrons. The summed E-state index contributed by atoms with van der Waals surface area (Å²) in [7, 11) is 0. The number of hydrogen-bond acceptors (Lipinski definition) is 3. The molecule has 0 radical (unpaired) electrons. The maximum Gasteiger partial charge on any atom is 0.222 e. The molecule has 1 unspecified atom stereocenters. The second kappa shape index (κ2) is 7.71. The van der Waals surface area contributed by atoms with Crippen molar-refractivity contribution in [1.82, 2.24) is 9.80 Å². The monoisotopic (exact) mass is 326 g/mol. The van der Waals surface area contributed by atoms with Gasteiger partial charge in [-0.15, -0.1) is 0 Å². The summed E-state index contributed by atoms with van der Waals surface area (Å²) in [5.41, 5.74) is 0. The first-order valence-corrected chi connectivity index (χ1v) is 9.56. The van der Waals surface area contributed by atoms with Crippen LogP contribution in [0.3, 0.4) is 0 Å². The fourth-order valence-corrected chi connectivity index (χ4v) is 4.15. The van der Waals surface area contributed by atoms with Gasteiger partial charge < -0.3 is 9.80 Å². The Morgan fingerprint density at radius 1 is 1.27 bits per heavy atom. The van der Waals surface area contributed by atoms with Crippen LogP contribution in [-0.2, 0) is 9.59 Å². The van der Waals surface area contributed by atoms with Gasteiger partial charge in [-0.3, -0.25) is 9.59 Å². The molecule has 0 spiro atoms. The van der Waals surface area contributed by atoms with Crippen molar-refractivity contribution in [2.24, 2.45) is 0 Å². The van der Waals surface area contributed by atoms with Gasteiger partial charge in [0.2, 0.25) is 11.8 Å². The lowest BCUT2D eigenvalue weighted by molar-refractivity contribution is -0.137. The van der Waals surface area contributed by atoms with Gasteiger partial charge in [0.15, 0.2) is 0 Å². The molecule has 0 bridgehead atoms. The second-order valence-corrected chi connectivity index (χ2v) is 9.31. The Morgan fingerprint density at radius 2 is 2.05 bits per heavy atom. The van der Waals surface area contributed by atoms with Gasteiger partial charge in [-0.2, -0.15) is 11.8 Å². The molecule has 0 N–H and O–H groups in total. The van der Waals surface area contributed by atoms with E-state index in [1.807, 2.05) is 21.6 Å². The first kappa shape index (κ1) is 17.6. The van der Waals surface area contributed by atoms with Gasteiger partial charge in [0.05, 0.1) is 0 Å². The molecule has 5 heteroatoms. The lowest BCUT2D eigenvalue weighted by Crippen LogP contribution is -2.50. The van der Waals surface area contributed by atoms with Crippen LogP contribution in [0, 0.1) is 0 Å². The first-order chi connectivity index (χ1) is 10.4. The molecule has 0 saturated carbocycles. The molecule has 2 saturated heterocycles. The van der Waals surface area contributed by atoms with Crippen molar-refractivity contribution in [3.63, 3.8) is 0 Å². The molecule has 0 aromatic rings. The maximum atomic E-state index is 12.4. The van der Waals surface area contributed by atoms with E-state index in [1.165, 1.54) is 0 Å². The van der Waals surface area contributed by atoms with Crippen molar-refractivity contribution < 1.29 is 9.59 Å². The van der Waals surface area contributed by atoms with E-state index in [9.17, 15) is 9.59 Å². The standard InChI is InChI=1S/C17H30N2O2S/c1-17(2,3)22-12-6-9-15(20)18-10-4-7-14(13-18)19-11-5-8-16(19)21/h14H,4-13H2,1-3H3. The Kier molecular flexibility index (Phi) is 6.18. The third-order valence-electron chi connectivity index (χ3n) is 4.37. The zero-order chi connectivity index (χ0) is 16.2. The van der Waals surface area contributed by atoms with Crippen LogP contribution < -0.4 is 0 Å². The quantitative estimate of drug-likeness (QED) is 0.729. The number of rotatable bonds is 5. The molecule has 0 aromatic carbocycles. The zero-order valence-corrected chi connectivity index (χ0v) is 15.1. The van der Waals surface area contributed by atoms with E-state index >= 15 is 0 Å². The Bertz CT molecular complexity index is 406. The van der Waals surface area contributed by atoms with Crippen molar-refractivity contribution in [3.05, 3.63) is 0 Å². The molecular weight excluding hydrogens is 296 g/mol. The summed E-state index contributed by atoms with van der Waals surface area (Å²) in [5, 5.41) is 0. The summed E-state index contributed by atoms with van der Waals surface area (Å²) in [5.74, 6) is 1.59. The van der Waals surface area contributed by atoms with Crippen LogP contribution in [0.4, 0.5) is 0 Å². The SMILES string of the molecule is CC(C)(C)SCCCC(=O)N1CCCC(N2CCCC2=O)C1. The third kappa shape index (κ3) is 5.18. The van der Waals surface area contributed by atoms with Crippen LogP contribution in [0.2, 0.25) is 0 Å². The largest absolute Gasteiger partial charge is 0.341 e. The smallest absolute Gasteiger partial charge is 0.222 e. The zero-order valence-electron chi connectivity index (χ0n) is 14.3. The van der Waals surface area contributed by atoms with Gasteiger partial charge in [0, 0.05) is 43.3 Å². The van der Waals surface area contributed by atoms with Gasteiger partial charge in [0.25, 0.3) is 0 Å². The predicted molar refractivity (Wildman–Crippen MR) is 92.0 cm³/mol. The summed E-state index contributed by atoms with van der Waals surface area (Å²) in [6, 6.07) is 0.261. The summed E-state index contributed by atoms with van der Waals surface area (Å²) >= 11 is 1.92. The summed E-state index contributed by atoms with van der Waals surface area (Å²) in [6.45, 7) is 9.12. The summed E-state index contributed by atoms with van der Waals surface area (Å²) < 4.78 is 0.273. The minimum Gasteiger partial charge on any atom is -0.341 e. The van der Waals surface area contributed by atoms with Crippen molar-refractivity contribution in [2.45, 2.75) is 70.1 Å². The van der Waals surface area contributed by atoms with Crippen LogP contribution in [0.25, 0.3) is 0 Å². The maximum absolute atomic E-state index is 12.4. The van der Waals surface area contributed by atoms with Crippen molar-refractivity contribution in [2.75, 3.05) is 25.4 Å². The summed E-state index contributed by atoms with van der Waals surface area (Å²) in [4.78, 5) is 28.2. The number of carbonyl (C=O) groups excluding carboxylic acids is 2. The van der Waals surface area contributed by atoms with Crippen LogP contribution >= 0.6 is 11.8 Å². The molecule has 2 fully saturated rings. The average molecular weight is 327 g/mol. The molecule has 2 aliphatic heterocycles. The highest BCUT2D eigenvalue weighted by atomic mass is 32.2. The van der Waals surface area contributed by atoms with E-state index in [1.54, 1.807) is 0 Å². The molecule has 2 aliphatic rings. The molecule has 4 nitrogen and oxygen atoms in total. The number of likely N-dealkylation sites (tertiary alicyclic amines) is 2. The highest BCUT2D eigenvalue weighted by Crippen LogP contribution is 2.25. The average Bonchev–Trinajstić information content (AvgIpc) is 2.89. The van der Waals surface area contributed by atoms with E-state index in [2.05, 4.69) is 20.8 Å². The minimum absolute atomic E-state index is 0.261. The van der Waals surface area contributed by atoms with E-state index in [0.29, 0.717) is 12.8 Å². The molecule has 2 heterocycles. The fourth-order valence-electron chi connectivity index (χ4n) is 3.25. The van der Waals surface area contributed by atoms with E-state index in [0.717, 1.165) is 51.1 Å². The van der Waals surface area contributed by atoms with Crippen molar-refractivity contribution in [1.29, 1.82) is 0 Å². The summed E-state index contributed by atoms with van der Waals surface area (Å²) in [6.07, 6.45) is 5.34.